The highest BCUT2D eigenvalue weighted by molar-refractivity contribution is 7.13. The molecule has 1 aromatic heterocycles. The van der Waals surface area contributed by atoms with E-state index in [1.807, 2.05) is 31.2 Å². The van der Waals surface area contributed by atoms with Crippen molar-refractivity contribution in [1.82, 2.24) is 15.1 Å². The fourth-order valence-corrected chi connectivity index (χ4v) is 4.41. The second kappa shape index (κ2) is 8.71. The van der Waals surface area contributed by atoms with Crippen LogP contribution in [0.15, 0.2) is 48.5 Å². The van der Waals surface area contributed by atoms with Crippen molar-refractivity contribution in [1.29, 1.82) is 0 Å². The molecule has 154 valence electrons. The average Bonchev–Trinajstić information content (AvgIpc) is 3.25. The number of benzene rings is 2. The molecule has 4 rings (SSSR count). The van der Waals surface area contributed by atoms with E-state index in [1.54, 1.807) is 11.0 Å². The number of piperidine rings is 1. The third-order valence-electron chi connectivity index (χ3n) is 5.16. The van der Waals surface area contributed by atoms with Crippen molar-refractivity contribution in [2.75, 3.05) is 18.4 Å². The molecule has 0 bridgehead atoms. The summed E-state index contributed by atoms with van der Waals surface area (Å²) < 4.78 is 13.5. The molecule has 1 N–H and O–H groups in total. The number of nitrogens with zero attached hydrogens (tertiary/aromatic N) is 3. The van der Waals surface area contributed by atoms with Gasteiger partial charge in [0, 0.05) is 30.3 Å². The van der Waals surface area contributed by atoms with Crippen LogP contribution < -0.4 is 5.32 Å². The lowest BCUT2D eigenvalue weighted by Gasteiger charge is -2.31. The van der Waals surface area contributed by atoms with Gasteiger partial charge < -0.3 is 10.2 Å². The molecule has 1 atom stereocenters. The minimum Gasteiger partial charge on any atom is -0.338 e. The van der Waals surface area contributed by atoms with E-state index in [9.17, 15) is 14.0 Å². The summed E-state index contributed by atoms with van der Waals surface area (Å²) in [7, 11) is 0. The second-order valence-corrected chi connectivity index (χ2v) is 8.32. The highest BCUT2D eigenvalue weighted by Crippen LogP contribution is 2.30. The molecule has 0 saturated carbocycles. The van der Waals surface area contributed by atoms with E-state index in [-0.39, 0.29) is 17.7 Å². The predicted molar refractivity (Wildman–Crippen MR) is 113 cm³/mol. The smallest absolute Gasteiger partial charge is 0.286 e. The summed E-state index contributed by atoms with van der Waals surface area (Å²) in [6, 6.07) is 13.3. The SMILES string of the molecule is Cc1ccccc1NC(=O)c1nnc([C@H]2CCCN(C(=O)c3cccc(F)c3)C2)s1. The number of likely N-dealkylation sites (tertiary alicyclic amines) is 1. The van der Waals surface area contributed by atoms with Crippen LogP contribution >= 0.6 is 11.3 Å². The number of nitrogens with one attached hydrogen (secondary N) is 1. The van der Waals surface area contributed by atoms with Crippen molar-refractivity contribution < 1.29 is 14.0 Å². The molecule has 3 aromatic rings. The highest BCUT2D eigenvalue weighted by Gasteiger charge is 2.28. The molecular formula is C22H21FN4O2S. The van der Waals surface area contributed by atoms with E-state index in [4.69, 9.17) is 0 Å². The van der Waals surface area contributed by atoms with Crippen LogP contribution in [0.4, 0.5) is 10.1 Å². The first-order valence-corrected chi connectivity index (χ1v) is 10.6. The fraction of sp³-hybridized carbons (Fsp3) is 0.273. The van der Waals surface area contributed by atoms with Gasteiger partial charge in [-0.1, -0.05) is 35.6 Å². The number of hydrogen-bond acceptors (Lipinski definition) is 5. The number of aryl methyl sites for hydroxylation is 1. The largest absolute Gasteiger partial charge is 0.338 e. The van der Waals surface area contributed by atoms with Gasteiger partial charge in [0.1, 0.15) is 10.8 Å². The maximum atomic E-state index is 13.5. The van der Waals surface area contributed by atoms with Gasteiger partial charge in [-0.05, 0) is 49.6 Å². The van der Waals surface area contributed by atoms with Crippen LogP contribution in [-0.4, -0.2) is 40.0 Å². The van der Waals surface area contributed by atoms with Crippen molar-refractivity contribution in [3.05, 3.63) is 75.5 Å². The number of hydrogen-bond donors (Lipinski definition) is 1. The van der Waals surface area contributed by atoms with Crippen molar-refractivity contribution in [3.8, 4) is 0 Å². The van der Waals surface area contributed by atoms with Gasteiger partial charge in [0.2, 0.25) is 5.01 Å². The number of carbonyl (C=O) groups is 2. The Hall–Kier alpha value is -3.13. The quantitative estimate of drug-likeness (QED) is 0.679. The van der Waals surface area contributed by atoms with E-state index in [1.165, 1.54) is 29.5 Å². The molecule has 6 nitrogen and oxygen atoms in total. The molecule has 0 unspecified atom stereocenters. The maximum absolute atomic E-state index is 13.5. The number of anilines is 1. The molecule has 0 spiro atoms. The number of halogens is 1. The Kier molecular flexibility index (Phi) is 5.85. The molecule has 2 heterocycles. The van der Waals surface area contributed by atoms with Gasteiger partial charge in [-0.3, -0.25) is 9.59 Å². The first-order chi connectivity index (χ1) is 14.5. The monoisotopic (exact) mass is 424 g/mol. The lowest BCUT2D eigenvalue weighted by Crippen LogP contribution is -2.39. The molecule has 1 aliphatic heterocycles. The Morgan fingerprint density at radius 1 is 1.17 bits per heavy atom. The molecule has 1 fully saturated rings. The molecule has 0 radical (unpaired) electrons. The van der Waals surface area contributed by atoms with Gasteiger partial charge in [0.05, 0.1) is 0 Å². The average molecular weight is 425 g/mol. The second-order valence-electron chi connectivity index (χ2n) is 7.32. The molecule has 2 amide bonds. The van der Waals surface area contributed by atoms with Gasteiger partial charge >= 0.3 is 0 Å². The lowest BCUT2D eigenvalue weighted by molar-refractivity contribution is 0.0706. The van der Waals surface area contributed by atoms with Crippen LogP contribution in [0.25, 0.3) is 0 Å². The van der Waals surface area contributed by atoms with Gasteiger partial charge in [0.15, 0.2) is 0 Å². The predicted octanol–water partition coefficient (Wildman–Crippen LogP) is 4.26. The number of aromatic nitrogens is 2. The van der Waals surface area contributed by atoms with E-state index < -0.39 is 5.82 Å². The summed E-state index contributed by atoms with van der Waals surface area (Å²) in [5, 5.41) is 12.2. The van der Waals surface area contributed by atoms with Crippen LogP contribution in [0, 0.1) is 12.7 Å². The molecule has 1 aliphatic rings. The molecule has 1 saturated heterocycles. The zero-order valence-corrected chi connectivity index (χ0v) is 17.3. The zero-order chi connectivity index (χ0) is 21.1. The van der Waals surface area contributed by atoms with Gasteiger partial charge in [0.25, 0.3) is 11.8 Å². The normalized spacial score (nSPS) is 16.3. The third kappa shape index (κ3) is 4.38. The summed E-state index contributed by atoms with van der Waals surface area (Å²) in [6.45, 7) is 3.02. The van der Waals surface area contributed by atoms with Crippen LogP contribution in [0.5, 0.6) is 0 Å². The first-order valence-electron chi connectivity index (χ1n) is 9.76. The number of carbonyl (C=O) groups excluding carboxylic acids is 2. The number of amides is 2. The molecule has 2 aromatic carbocycles. The van der Waals surface area contributed by atoms with E-state index in [0.29, 0.717) is 23.7 Å². The summed E-state index contributed by atoms with van der Waals surface area (Å²) in [4.78, 5) is 27.0. The zero-order valence-electron chi connectivity index (χ0n) is 16.5. The topological polar surface area (TPSA) is 75.2 Å². The van der Waals surface area contributed by atoms with Gasteiger partial charge in [-0.2, -0.15) is 0 Å². The molecular weight excluding hydrogens is 403 g/mol. The minimum atomic E-state index is -0.428. The van der Waals surface area contributed by atoms with Gasteiger partial charge in [-0.15, -0.1) is 10.2 Å². The fourth-order valence-electron chi connectivity index (χ4n) is 3.55. The van der Waals surface area contributed by atoms with Crippen molar-refractivity contribution in [2.45, 2.75) is 25.7 Å². The van der Waals surface area contributed by atoms with E-state index in [2.05, 4.69) is 15.5 Å². The Labute approximate surface area is 177 Å². The standard InChI is InChI=1S/C22H21FN4O2S/c1-14-6-2-3-10-18(14)24-19(28)21-26-25-20(30-21)16-8-5-11-27(13-16)22(29)15-7-4-9-17(23)12-15/h2-4,6-7,9-10,12,16H,5,8,11,13H2,1H3,(H,24,28)/t16-/m0/s1. The summed E-state index contributed by atoms with van der Waals surface area (Å²) in [6.07, 6.45) is 1.68. The molecule has 30 heavy (non-hydrogen) atoms. The molecule has 0 aliphatic carbocycles. The minimum absolute atomic E-state index is 0.00812. The number of rotatable bonds is 4. The summed E-state index contributed by atoms with van der Waals surface area (Å²) >= 11 is 1.25. The lowest BCUT2D eigenvalue weighted by atomic mass is 9.98. The van der Waals surface area contributed by atoms with Gasteiger partial charge in [-0.25, -0.2) is 4.39 Å². The first kappa shape index (κ1) is 20.2. The maximum Gasteiger partial charge on any atom is 0.286 e. The summed E-state index contributed by atoms with van der Waals surface area (Å²) in [5.74, 6) is -0.908. The van der Waals surface area contributed by atoms with Crippen LogP contribution in [0.3, 0.4) is 0 Å². The molecule has 8 heteroatoms. The van der Waals surface area contributed by atoms with E-state index in [0.717, 1.165) is 29.1 Å². The number of para-hydroxylation sites is 1. The highest BCUT2D eigenvalue weighted by atomic mass is 32.1. The van der Waals surface area contributed by atoms with Crippen LogP contribution in [-0.2, 0) is 0 Å². The van der Waals surface area contributed by atoms with Crippen molar-refractivity contribution in [3.63, 3.8) is 0 Å². The Morgan fingerprint density at radius 3 is 2.80 bits per heavy atom. The Balaban J connectivity index is 1.44. The van der Waals surface area contributed by atoms with E-state index >= 15 is 0 Å². The Bertz CT molecular complexity index is 1080. The van der Waals surface area contributed by atoms with Crippen molar-refractivity contribution >= 4 is 28.8 Å². The Morgan fingerprint density at radius 2 is 2.00 bits per heavy atom. The van der Waals surface area contributed by atoms with Crippen molar-refractivity contribution in [2.24, 2.45) is 0 Å². The third-order valence-corrected chi connectivity index (χ3v) is 6.24. The van der Waals surface area contributed by atoms with Crippen LogP contribution in [0.1, 0.15) is 49.5 Å². The summed E-state index contributed by atoms with van der Waals surface area (Å²) in [5.41, 5.74) is 2.05. The van der Waals surface area contributed by atoms with Crippen LogP contribution in [0.2, 0.25) is 0 Å².